The second kappa shape index (κ2) is 4.87. The minimum Gasteiger partial charge on any atom is -0.440 e. The summed E-state index contributed by atoms with van der Waals surface area (Å²) in [5, 5.41) is 4.27. The van der Waals surface area contributed by atoms with E-state index in [4.69, 9.17) is 20.5 Å². The van der Waals surface area contributed by atoms with Crippen LogP contribution in [-0.2, 0) is 0 Å². The van der Waals surface area contributed by atoms with Gasteiger partial charge >= 0.3 is 0 Å². The molecule has 1 aliphatic heterocycles. The smallest absolute Gasteiger partial charge is 0.290 e. The van der Waals surface area contributed by atoms with Crippen LogP contribution in [0.2, 0.25) is 5.22 Å². The number of likely N-dealkylation sites (tertiary alicyclic amines) is 1. The van der Waals surface area contributed by atoms with Gasteiger partial charge in [0, 0.05) is 12.5 Å². The molecular weight excluding hydrogens is 294 g/mol. The van der Waals surface area contributed by atoms with Crippen molar-refractivity contribution in [2.75, 3.05) is 6.54 Å². The fraction of sp³-hybridized carbons (Fsp3) is 0.500. The molecule has 0 bridgehead atoms. The average Bonchev–Trinajstić information content (AvgIpc) is 2.94. The van der Waals surface area contributed by atoms with Crippen LogP contribution >= 0.6 is 11.6 Å². The number of carbonyl (C=O) groups is 1. The number of halogens is 1. The standard InChI is InChI=1S/C14H14ClN3O3/c15-11-6-5-10(20-11)14(19)18-7-1-2-9(18)12-16-13(21-17-12)8-3-4-8/h5-6,8-9H,1-4,7H2/t9-/m1/s1. The Morgan fingerprint density at radius 1 is 1.33 bits per heavy atom. The van der Waals surface area contributed by atoms with Gasteiger partial charge in [0.15, 0.2) is 16.8 Å². The highest BCUT2D eigenvalue weighted by Crippen LogP contribution is 2.40. The van der Waals surface area contributed by atoms with Gasteiger partial charge in [-0.1, -0.05) is 5.16 Å². The second-order valence-electron chi connectivity index (χ2n) is 5.53. The van der Waals surface area contributed by atoms with Crippen LogP contribution in [0.25, 0.3) is 0 Å². The van der Waals surface area contributed by atoms with E-state index >= 15 is 0 Å². The first-order valence-electron chi connectivity index (χ1n) is 7.12. The Morgan fingerprint density at radius 3 is 2.90 bits per heavy atom. The van der Waals surface area contributed by atoms with Gasteiger partial charge in [0.05, 0.1) is 6.04 Å². The highest BCUT2D eigenvalue weighted by atomic mass is 35.5. The lowest BCUT2D eigenvalue weighted by molar-refractivity contribution is 0.0696. The summed E-state index contributed by atoms with van der Waals surface area (Å²) in [5.41, 5.74) is 0. The number of amides is 1. The Hall–Kier alpha value is -1.82. The average molecular weight is 308 g/mol. The van der Waals surface area contributed by atoms with Crippen LogP contribution in [0.1, 0.15) is 59.9 Å². The number of nitrogens with zero attached hydrogens (tertiary/aromatic N) is 3. The maximum absolute atomic E-state index is 12.5. The zero-order valence-corrected chi connectivity index (χ0v) is 12.0. The fourth-order valence-electron chi connectivity index (χ4n) is 2.73. The van der Waals surface area contributed by atoms with Gasteiger partial charge in [0.1, 0.15) is 0 Å². The third kappa shape index (κ3) is 2.33. The molecule has 7 heteroatoms. The molecule has 1 saturated carbocycles. The van der Waals surface area contributed by atoms with Crippen molar-refractivity contribution in [1.82, 2.24) is 15.0 Å². The van der Waals surface area contributed by atoms with E-state index in [-0.39, 0.29) is 22.9 Å². The van der Waals surface area contributed by atoms with Gasteiger partial charge in [-0.15, -0.1) is 0 Å². The molecule has 6 nitrogen and oxygen atoms in total. The number of furan rings is 1. The summed E-state index contributed by atoms with van der Waals surface area (Å²) in [5.74, 6) is 1.78. The van der Waals surface area contributed by atoms with Crippen LogP contribution in [0.5, 0.6) is 0 Å². The zero-order valence-electron chi connectivity index (χ0n) is 11.3. The van der Waals surface area contributed by atoms with Crippen LogP contribution in [0, 0.1) is 0 Å². The lowest BCUT2D eigenvalue weighted by Crippen LogP contribution is -2.30. The Balaban J connectivity index is 1.57. The SMILES string of the molecule is O=C(c1ccc(Cl)o1)N1CCC[C@@H]1c1noc(C2CC2)n1. The predicted molar refractivity (Wildman–Crippen MR) is 73.0 cm³/mol. The molecule has 0 radical (unpaired) electrons. The number of carbonyl (C=O) groups excluding carboxylic acids is 1. The Bertz CT molecular complexity index is 677. The molecular formula is C14H14ClN3O3. The third-order valence-corrected chi connectivity index (χ3v) is 4.18. The molecule has 1 atom stereocenters. The van der Waals surface area contributed by atoms with E-state index in [2.05, 4.69) is 10.1 Å². The van der Waals surface area contributed by atoms with Gasteiger partial charge in [0.25, 0.3) is 5.91 Å². The summed E-state index contributed by atoms with van der Waals surface area (Å²) in [7, 11) is 0. The van der Waals surface area contributed by atoms with Crippen molar-refractivity contribution in [3.8, 4) is 0 Å². The van der Waals surface area contributed by atoms with Gasteiger partial charge in [-0.3, -0.25) is 4.79 Å². The second-order valence-corrected chi connectivity index (χ2v) is 5.90. The summed E-state index contributed by atoms with van der Waals surface area (Å²) in [6, 6.07) is 3.02. The molecule has 1 amide bonds. The first-order chi connectivity index (χ1) is 10.2. The van der Waals surface area contributed by atoms with Crippen LogP contribution in [0.15, 0.2) is 21.1 Å². The molecule has 0 unspecified atom stereocenters. The maximum atomic E-state index is 12.5. The molecule has 2 aromatic rings. The molecule has 0 N–H and O–H groups in total. The number of hydrogen-bond acceptors (Lipinski definition) is 5. The summed E-state index contributed by atoms with van der Waals surface area (Å²) >= 11 is 5.73. The van der Waals surface area contributed by atoms with Crippen LogP contribution in [-0.4, -0.2) is 27.5 Å². The van der Waals surface area contributed by atoms with Gasteiger partial charge in [-0.25, -0.2) is 0 Å². The number of rotatable bonds is 3. The van der Waals surface area contributed by atoms with E-state index in [9.17, 15) is 4.79 Å². The lowest BCUT2D eigenvalue weighted by atomic mass is 10.2. The molecule has 0 spiro atoms. The van der Waals surface area contributed by atoms with Gasteiger partial charge in [-0.05, 0) is 49.4 Å². The molecule has 21 heavy (non-hydrogen) atoms. The minimum atomic E-state index is -0.179. The van der Waals surface area contributed by atoms with E-state index in [1.165, 1.54) is 0 Å². The van der Waals surface area contributed by atoms with Crippen molar-refractivity contribution in [2.24, 2.45) is 0 Å². The lowest BCUT2D eigenvalue weighted by Gasteiger charge is -2.20. The van der Waals surface area contributed by atoms with Crippen LogP contribution in [0.3, 0.4) is 0 Å². The van der Waals surface area contributed by atoms with Crippen LogP contribution in [0.4, 0.5) is 0 Å². The topological polar surface area (TPSA) is 72.4 Å². The van der Waals surface area contributed by atoms with Crippen molar-refractivity contribution in [2.45, 2.75) is 37.6 Å². The molecule has 1 saturated heterocycles. The van der Waals surface area contributed by atoms with Crippen molar-refractivity contribution in [3.63, 3.8) is 0 Å². The first-order valence-corrected chi connectivity index (χ1v) is 7.50. The van der Waals surface area contributed by atoms with Gasteiger partial charge < -0.3 is 13.8 Å². The van der Waals surface area contributed by atoms with E-state index in [1.807, 2.05) is 0 Å². The zero-order chi connectivity index (χ0) is 14.4. The molecule has 2 aromatic heterocycles. The van der Waals surface area contributed by atoms with Gasteiger partial charge in [0.2, 0.25) is 5.89 Å². The normalized spacial score (nSPS) is 22.0. The molecule has 1 aliphatic carbocycles. The van der Waals surface area contributed by atoms with E-state index in [0.29, 0.717) is 24.2 Å². The summed E-state index contributed by atoms with van der Waals surface area (Å²) in [6.07, 6.45) is 3.97. The van der Waals surface area contributed by atoms with Crippen LogP contribution < -0.4 is 0 Å². The number of aromatic nitrogens is 2. The molecule has 2 aliphatic rings. The van der Waals surface area contributed by atoms with E-state index < -0.39 is 0 Å². The van der Waals surface area contributed by atoms with Crippen molar-refractivity contribution < 1.29 is 13.7 Å². The Labute approximate surface area is 126 Å². The van der Waals surface area contributed by atoms with E-state index in [1.54, 1.807) is 17.0 Å². The Kier molecular flexibility index (Phi) is 2.99. The molecule has 110 valence electrons. The molecule has 2 fully saturated rings. The highest BCUT2D eigenvalue weighted by molar-refractivity contribution is 6.29. The van der Waals surface area contributed by atoms with Crippen molar-refractivity contribution in [3.05, 3.63) is 34.8 Å². The van der Waals surface area contributed by atoms with Crippen molar-refractivity contribution in [1.29, 1.82) is 0 Å². The number of hydrogen-bond donors (Lipinski definition) is 0. The highest BCUT2D eigenvalue weighted by Gasteiger charge is 2.37. The first kappa shape index (κ1) is 12.9. The predicted octanol–water partition coefficient (Wildman–Crippen LogP) is 3.17. The minimum absolute atomic E-state index is 0.141. The monoisotopic (exact) mass is 307 g/mol. The quantitative estimate of drug-likeness (QED) is 0.871. The third-order valence-electron chi connectivity index (χ3n) is 3.98. The molecule has 4 rings (SSSR count). The Morgan fingerprint density at radius 2 is 2.19 bits per heavy atom. The fourth-order valence-corrected chi connectivity index (χ4v) is 2.87. The molecule has 3 heterocycles. The summed E-state index contributed by atoms with van der Waals surface area (Å²) in [4.78, 5) is 18.7. The maximum Gasteiger partial charge on any atom is 0.290 e. The summed E-state index contributed by atoms with van der Waals surface area (Å²) < 4.78 is 10.5. The largest absolute Gasteiger partial charge is 0.440 e. The molecule has 0 aromatic carbocycles. The van der Waals surface area contributed by atoms with E-state index in [0.717, 1.165) is 25.7 Å². The van der Waals surface area contributed by atoms with Gasteiger partial charge in [-0.2, -0.15) is 4.98 Å². The summed E-state index contributed by atoms with van der Waals surface area (Å²) in [6.45, 7) is 0.662. The van der Waals surface area contributed by atoms with Crippen molar-refractivity contribution >= 4 is 17.5 Å².